The largest absolute Gasteiger partial charge is 0.326 e. The first kappa shape index (κ1) is 18.6. The molecule has 5 rings (SSSR count). The van der Waals surface area contributed by atoms with Crippen molar-refractivity contribution in [2.75, 3.05) is 18.0 Å². The first-order valence-electron chi connectivity index (χ1n) is 10.3. The molecule has 29 heavy (non-hydrogen) atoms. The number of para-hydroxylation sites is 1. The molecule has 0 N–H and O–H groups in total. The lowest BCUT2D eigenvalue weighted by Crippen LogP contribution is -2.41. The first-order valence-corrected chi connectivity index (χ1v) is 11.8. The molecule has 1 aromatic heterocycles. The highest BCUT2D eigenvalue weighted by atomic mass is 32.2. The van der Waals surface area contributed by atoms with E-state index < -0.39 is 10.0 Å². The highest BCUT2D eigenvalue weighted by Gasteiger charge is 2.31. The van der Waals surface area contributed by atoms with Gasteiger partial charge in [0.25, 0.3) is 0 Å². The zero-order valence-corrected chi connectivity index (χ0v) is 17.4. The van der Waals surface area contributed by atoms with Crippen LogP contribution in [0.25, 0.3) is 10.9 Å². The number of nitrogens with zero attached hydrogens (tertiary/aromatic N) is 3. The van der Waals surface area contributed by atoms with E-state index in [9.17, 15) is 8.42 Å². The lowest BCUT2D eigenvalue weighted by molar-refractivity contribution is 0.268. The van der Waals surface area contributed by atoms with Crippen LogP contribution in [0.5, 0.6) is 0 Å². The number of pyridine rings is 1. The predicted molar refractivity (Wildman–Crippen MR) is 116 cm³/mol. The monoisotopic (exact) mass is 407 g/mol. The molecule has 6 heteroatoms. The van der Waals surface area contributed by atoms with Crippen molar-refractivity contribution in [1.82, 2.24) is 9.29 Å². The number of benzene rings is 2. The summed E-state index contributed by atoms with van der Waals surface area (Å²) in [5.41, 5.74) is 3.36. The van der Waals surface area contributed by atoms with E-state index in [1.165, 1.54) is 11.3 Å². The number of piperidine rings is 1. The molecule has 2 aliphatic rings. The molecule has 1 saturated heterocycles. The van der Waals surface area contributed by atoms with Gasteiger partial charge in [-0.2, -0.15) is 4.31 Å². The van der Waals surface area contributed by atoms with E-state index in [0.29, 0.717) is 11.4 Å². The van der Waals surface area contributed by atoms with Crippen LogP contribution < -0.4 is 4.90 Å². The number of rotatable bonds is 3. The van der Waals surface area contributed by atoms with Crippen molar-refractivity contribution in [3.8, 4) is 0 Å². The van der Waals surface area contributed by atoms with Crippen LogP contribution in [0.4, 0.5) is 11.5 Å². The second-order valence-electron chi connectivity index (χ2n) is 8.01. The fourth-order valence-corrected chi connectivity index (χ4v) is 6.28. The molecule has 0 spiro atoms. The Morgan fingerprint density at radius 2 is 1.86 bits per heavy atom. The molecule has 5 nitrogen and oxygen atoms in total. The molecular formula is C23H25N3O2S. The van der Waals surface area contributed by atoms with Gasteiger partial charge >= 0.3 is 0 Å². The molecule has 3 heterocycles. The molecule has 1 atom stereocenters. The summed E-state index contributed by atoms with van der Waals surface area (Å²) >= 11 is 0. The molecule has 2 aromatic carbocycles. The van der Waals surface area contributed by atoms with Crippen molar-refractivity contribution in [2.24, 2.45) is 0 Å². The fourth-order valence-electron chi connectivity index (χ4n) is 4.54. The van der Waals surface area contributed by atoms with E-state index in [1.807, 2.05) is 25.1 Å². The molecule has 150 valence electrons. The number of hydrogen-bond acceptors (Lipinski definition) is 4. The van der Waals surface area contributed by atoms with Gasteiger partial charge in [-0.15, -0.1) is 0 Å². The second kappa shape index (κ2) is 7.11. The van der Waals surface area contributed by atoms with E-state index in [4.69, 9.17) is 4.98 Å². The smallest absolute Gasteiger partial charge is 0.243 e. The standard InChI is InChI=1S/C23H25N3O2S/c1-17-6-4-5-14-26(17)29(27,28)20-10-11-21-19(16-20)9-12-23(24-21)25-15-13-18-7-2-3-8-22(18)25/h2-3,7-12,16-17H,4-6,13-15H2,1H3. The molecule has 1 unspecified atom stereocenters. The highest BCUT2D eigenvalue weighted by molar-refractivity contribution is 7.89. The van der Waals surface area contributed by atoms with Gasteiger partial charge in [-0.25, -0.2) is 13.4 Å². The summed E-state index contributed by atoms with van der Waals surface area (Å²) < 4.78 is 28.0. The molecule has 0 bridgehead atoms. The Kier molecular flexibility index (Phi) is 4.56. The molecule has 0 radical (unpaired) electrons. The second-order valence-corrected chi connectivity index (χ2v) is 9.91. The lowest BCUT2D eigenvalue weighted by atomic mass is 10.1. The molecular weight excluding hydrogens is 382 g/mol. The Morgan fingerprint density at radius 1 is 1.00 bits per heavy atom. The summed E-state index contributed by atoms with van der Waals surface area (Å²) in [6.07, 6.45) is 3.97. The van der Waals surface area contributed by atoms with Crippen LogP contribution in [-0.2, 0) is 16.4 Å². The summed E-state index contributed by atoms with van der Waals surface area (Å²) in [5, 5.41) is 0.854. The van der Waals surface area contributed by atoms with Gasteiger partial charge in [-0.3, -0.25) is 0 Å². The minimum absolute atomic E-state index is 0.0557. The summed E-state index contributed by atoms with van der Waals surface area (Å²) in [6.45, 7) is 3.52. The summed E-state index contributed by atoms with van der Waals surface area (Å²) in [5.74, 6) is 0.905. The van der Waals surface area contributed by atoms with Crippen LogP contribution in [-0.4, -0.2) is 36.8 Å². The maximum atomic E-state index is 13.2. The van der Waals surface area contributed by atoms with Crippen molar-refractivity contribution in [1.29, 1.82) is 0 Å². The summed E-state index contributed by atoms with van der Waals surface area (Å²) in [4.78, 5) is 7.42. The number of aromatic nitrogens is 1. The minimum atomic E-state index is -3.47. The first-order chi connectivity index (χ1) is 14.0. The molecule has 0 saturated carbocycles. The van der Waals surface area contributed by atoms with E-state index in [2.05, 4.69) is 29.2 Å². The zero-order chi connectivity index (χ0) is 20.0. The van der Waals surface area contributed by atoms with Crippen LogP contribution in [0, 0.1) is 0 Å². The van der Waals surface area contributed by atoms with E-state index in [0.717, 1.165) is 48.9 Å². The van der Waals surface area contributed by atoms with Crippen LogP contribution in [0.2, 0.25) is 0 Å². The maximum Gasteiger partial charge on any atom is 0.243 e. The van der Waals surface area contributed by atoms with Gasteiger partial charge in [0.05, 0.1) is 10.4 Å². The van der Waals surface area contributed by atoms with Crippen molar-refractivity contribution < 1.29 is 8.42 Å². The van der Waals surface area contributed by atoms with Gasteiger partial charge in [0.1, 0.15) is 5.82 Å². The van der Waals surface area contributed by atoms with Crippen molar-refractivity contribution in [3.63, 3.8) is 0 Å². The molecule has 1 fully saturated rings. The Balaban J connectivity index is 1.49. The topological polar surface area (TPSA) is 53.5 Å². The van der Waals surface area contributed by atoms with E-state index in [-0.39, 0.29) is 6.04 Å². The van der Waals surface area contributed by atoms with E-state index >= 15 is 0 Å². The Hall–Kier alpha value is -2.44. The molecule has 2 aliphatic heterocycles. The summed E-state index contributed by atoms with van der Waals surface area (Å²) in [6, 6.07) is 17.7. The van der Waals surface area contributed by atoms with Gasteiger partial charge in [0.15, 0.2) is 0 Å². The highest BCUT2D eigenvalue weighted by Crippen LogP contribution is 2.34. The Labute approximate surface area is 172 Å². The van der Waals surface area contributed by atoms with Gasteiger partial charge < -0.3 is 4.90 Å². The van der Waals surface area contributed by atoms with Crippen molar-refractivity contribution in [3.05, 3.63) is 60.2 Å². The van der Waals surface area contributed by atoms with Crippen molar-refractivity contribution >= 4 is 32.4 Å². The zero-order valence-electron chi connectivity index (χ0n) is 16.6. The van der Waals surface area contributed by atoms with Gasteiger partial charge in [0, 0.05) is 30.2 Å². The maximum absolute atomic E-state index is 13.2. The van der Waals surface area contributed by atoms with Gasteiger partial charge in [-0.1, -0.05) is 24.6 Å². The third-order valence-electron chi connectivity index (χ3n) is 6.16. The molecule has 0 amide bonds. The Morgan fingerprint density at radius 3 is 2.72 bits per heavy atom. The van der Waals surface area contributed by atoms with Crippen LogP contribution in [0.15, 0.2) is 59.5 Å². The van der Waals surface area contributed by atoms with Crippen molar-refractivity contribution in [2.45, 2.75) is 43.5 Å². The average molecular weight is 408 g/mol. The average Bonchev–Trinajstić information content (AvgIpc) is 3.17. The van der Waals surface area contributed by atoms with Crippen LogP contribution in [0.1, 0.15) is 31.7 Å². The molecule has 0 aliphatic carbocycles. The number of fused-ring (bicyclic) bond motifs is 2. The predicted octanol–water partition coefficient (Wildman–Crippen LogP) is 4.49. The number of sulfonamides is 1. The van der Waals surface area contributed by atoms with Crippen LogP contribution >= 0.6 is 0 Å². The fraction of sp³-hybridized carbons (Fsp3) is 0.348. The van der Waals surface area contributed by atoms with Gasteiger partial charge in [-0.05, 0) is 68.1 Å². The third kappa shape index (κ3) is 3.20. The molecule has 3 aromatic rings. The third-order valence-corrected chi connectivity index (χ3v) is 8.17. The normalized spacial score (nSPS) is 20.2. The number of anilines is 2. The lowest BCUT2D eigenvalue weighted by Gasteiger charge is -2.32. The van der Waals surface area contributed by atoms with Crippen LogP contribution in [0.3, 0.4) is 0 Å². The van der Waals surface area contributed by atoms with Gasteiger partial charge in [0.2, 0.25) is 10.0 Å². The minimum Gasteiger partial charge on any atom is -0.326 e. The van der Waals surface area contributed by atoms with E-state index in [1.54, 1.807) is 16.4 Å². The quantitative estimate of drug-likeness (QED) is 0.642. The Bertz CT molecular complexity index is 1180. The summed E-state index contributed by atoms with van der Waals surface area (Å²) in [7, 11) is -3.47. The SMILES string of the molecule is CC1CCCCN1S(=O)(=O)c1ccc2nc(N3CCc4ccccc43)ccc2c1. The number of hydrogen-bond donors (Lipinski definition) is 0.